The number of nitrogens with one attached hydrogen (secondary N) is 1. The summed E-state index contributed by atoms with van der Waals surface area (Å²) in [6, 6.07) is 1.96. The fourth-order valence-electron chi connectivity index (χ4n) is 0.921. The Kier molecular flexibility index (Phi) is 3.02. The van der Waals surface area contributed by atoms with Gasteiger partial charge in [0.25, 0.3) is 0 Å². The van der Waals surface area contributed by atoms with Crippen molar-refractivity contribution < 1.29 is 4.74 Å². The van der Waals surface area contributed by atoms with Crippen molar-refractivity contribution in [1.29, 1.82) is 0 Å². The van der Waals surface area contributed by atoms with Crippen LogP contribution in [0.3, 0.4) is 0 Å². The summed E-state index contributed by atoms with van der Waals surface area (Å²) >= 11 is 0. The number of unbranched alkanes of at least 4 members (excludes halogenated alkanes) is 1. The molecule has 0 amide bonds. The lowest BCUT2D eigenvalue weighted by molar-refractivity contribution is 0.308. The number of ether oxygens (including phenoxy) is 1. The van der Waals surface area contributed by atoms with Gasteiger partial charge in [-0.15, -0.1) is 0 Å². The van der Waals surface area contributed by atoms with E-state index in [0.29, 0.717) is 0 Å². The minimum Gasteiger partial charge on any atom is -0.492 e. The zero-order valence-corrected chi connectivity index (χ0v) is 7.18. The van der Waals surface area contributed by atoms with Crippen LogP contribution in [0.25, 0.3) is 0 Å². The first kappa shape index (κ1) is 8.18. The van der Waals surface area contributed by atoms with Crippen molar-refractivity contribution in [1.82, 2.24) is 4.98 Å². The molecule has 0 saturated heterocycles. The van der Waals surface area contributed by atoms with Crippen LogP contribution in [0.15, 0.2) is 12.3 Å². The van der Waals surface area contributed by atoms with Crippen LogP contribution in [0.5, 0.6) is 5.75 Å². The van der Waals surface area contributed by atoms with Crippen molar-refractivity contribution in [3.63, 3.8) is 0 Å². The van der Waals surface area contributed by atoms with E-state index in [-0.39, 0.29) is 0 Å². The van der Waals surface area contributed by atoms with Crippen molar-refractivity contribution in [3.05, 3.63) is 18.0 Å². The van der Waals surface area contributed by atoms with Gasteiger partial charge in [-0.2, -0.15) is 0 Å². The first-order valence-corrected chi connectivity index (χ1v) is 4.11. The molecule has 2 heteroatoms. The Bertz CT molecular complexity index is 205. The van der Waals surface area contributed by atoms with Crippen LogP contribution in [0.1, 0.15) is 25.5 Å². The molecule has 0 unspecified atom stereocenters. The third-order valence-electron chi connectivity index (χ3n) is 1.66. The van der Waals surface area contributed by atoms with E-state index in [2.05, 4.69) is 11.9 Å². The largest absolute Gasteiger partial charge is 0.492 e. The van der Waals surface area contributed by atoms with Crippen LogP contribution in [-0.4, -0.2) is 11.6 Å². The SMILES string of the molecule is CCCCOc1cc[nH]c1C. The molecule has 0 spiro atoms. The summed E-state index contributed by atoms with van der Waals surface area (Å²) in [7, 11) is 0. The van der Waals surface area contributed by atoms with Gasteiger partial charge in [0.15, 0.2) is 0 Å². The molecule has 1 N–H and O–H groups in total. The van der Waals surface area contributed by atoms with Crippen LogP contribution >= 0.6 is 0 Å². The second kappa shape index (κ2) is 4.06. The van der Waals surface area contributed by atoms with E-state index in [1.165, 1.54) is 6.42 Å². The lowest BCUT2D eigenvalue weighted by Crippen LogP contribution is -1.96. The van der Waals surface area contributed by atoms with Gasteiger partial charge >= 0.3 is 0 Å². The number of H-pyrrole nitrogens is 1. The van der Waals surface area contributed by atoms with Crippen molar-refractivity contribution in [2.75, 3.05) is 6.61 Å². The van der Waals surface area contributed by atoms with E-state index < -0.39 is 0 Å². The highest BCUT2D eigenvalue weighted by molar-refractivity contribution is 5.25. The Morgan fingerprint density at radius 3 is 2.91 bits per heavy atom. The molecule has 0 aliphatic heterocycles. The fourth-order valence-corrected chi connectivity index (χ4v) is 0.921. The molecule has 0 fully saturated rings. The minimum absolute atomic E-state index is 0.829. The predicted molar refractivity (Wildman–Crippen MR) is 45.9 cm³/mol. The molecule has 1 aromatic rings. The molecule has 62 valence electrons. The Morgan fingerprint density at radius 2 is 2.36 bits per heavy atom. The number of rotatable bonds is 4. The highest BCUT2D eigenvalue weighted by Crippen LogP contribution is 2.14. The summed E-state index contributed by atoms with van der Waals surface area (Å²) in [4.78, 5) is 3.07. The van der Waals surface area contributed by atoms with E-state index in [9.17, 15) is 0 Å². The average molecular weight is 153 g/mol. The number of aromatic amines is 1. The topological polar surface area (TPSA) is 25.0 Å². The van der Waals surface area contributed by atoms with Gasteiger partial charge in [-0.1, -0.05) is 13.3 Å². The van der Waals surface area contributed by atoms with Crippen molar-refractivity contribution in [3.8, 4) is 5.75 Å². The molecule has 1 rings (SSSR count). The van der Waals surface area contributed by atoms with Gasteiger partial charge in [0.05, 0.1) is 12.3 Å². The fraction of sp³-hybridized carbons (Fsp3) is 0.556. The van der Waals surface area contributed by atoms with Crippen LogP contribution in [0.4, 0.5) is 0 Å². The quantitative estimate of drug-likeness (QED) is 0.660. The molecular weight excluding hydrogens is 138 g/mol. The first-order valence-electron chi connectivity index (χ1n) is 4.11. The molecule has 0 radical (unpaired) electrons. The third-order valence-corrected chi connectivity index (χ3v) is 1.66. The normalized spacial score (nSPS) is 10.0. The second-order valence-electron chi connectivity index (χ2n) is 2.67. The van der Waals surface area contributed by atoms with Crippen LogP contribution in [0.2, 0.25) is 0 Å². The Balaban J connectivity index is 2.32. The zero-order chi connectivity index (χ0) is 8.10. The first-order chi connectivity index (χ1) is 5.34. The second-order valence-corrected chi connectivity index (χ2v) is 2.67. The van der Waals surface area contributed by atoms with Gasteiger partial charge in [-0.3, -0.25) is 0 Å². The van der Waals surface area contributed by atoms with E-state index in [1.807, 2.05) is 19.2 Å². The molecule has 0 atom stereocenters. The Hall–Kier alpha value is -0.920. The summed E-state index contributed by atoms with van der Waals surface area (Å²) in [6.07, 6.45) is 4.21. The highest BCUT2D eigenvalue weighted by Gasteiger charge is 1.97. The van der Waals surface area contributed by atoms with E-state index in [4.69, 9.17) is 4.74 Å². The molecule has 0 saturated carbocycles. The minimum atomic E-state index is 0.829. The molecule has 1 aromatic heterocycles. The van der Waals surface area contributed by atoms with Gasteiger partial charge in [0.1, 0.15) is 5.75 Å². The summed E-state index contributed by atoms with van der Waals surface area (Å²) in [5, 5.41) is 0. The van der Waals surface area contributed by atoms with Crippen LogP contribution < -0.4 is 4.74 Å². The highest BCUT2D eigenvalue weighted by atomic mass is 16.5. The van der Waals surface area contributed by atoms with Gasteiger partial charge in [0, 0.05) is 6.20 Å². The van der Waals surface area contributed by atoms with E-state index in [0.717, 1.165) is 24.5 Å². The smallest absolute Gasteiger partial charge is 0.139 e. The van der Waals surface area contributed by atoms with Crippen LogP contribution in [0, 0.1) is 6.92 Å². The molecule has 0 bridgehead atoms. The lowest BCUT2D eigenvalue weighted by Gasteiger charge is -2.02. The summed E-state index contributed by atoms with van der Waals surface area (Å²) in [5.41, 5.74) is 1.11. The van der Waals surface area contributed by atoms with Crippen molar-refractivity contribution >= 4 is 0 Å². The van der Waals surface area contributed by atoms with Crippen molar-refractivity contribution in [2.24, 2.45) is 0 Å². The monoisotopic (exact) mass is 153 g/mol. The Morgan fingerprint density at radius 1 is 1.55 bits per heavy atom. The number of hydrogen-bond acceptors (Lipinski definition) is 1. The van der Waals surface area contributed by atoms with Gasteiger partial charge in [0.2, 0.25) is 0 Å². The van der Waals surface area contributed by atoms with E-state index >= 15 is 0 Å². The molecule has 11 heavy (non-hydrogen) atoms. The molecule has 0 aliphatic rings. The zero-order valence-electron chi connectivity index (χ0n) is 7.18. The number of hydrogen-bond donors (Lipinski definition) is 1. The predicted octanol–water partition coefficient (Wildman–Crippen LogP) is 2.50. The molecular formula is C9H15NO. The van der Waals surface area contributed by atoms with Gasteiger partial charge in [-0.25, -0.2) is 0 Å². The van der Waals surface area contributed by atoms with Crippen LogP contribution in [-0.2, 0) is 0 Å². The van der Waals surface area contributed by atoms with Gasteiger partial charge < -0.3 is 9.72 Å². The van der Waals surface area contributed by atoms with Gasteiger partial charge in [-0.05, 0) is 19.4 Å². The average Bonchev–Trinajstić information content (AvgIpc) is 2.37. The number of aryl methyl sites for hydroxylation is 1. The third kappa shape index (κ3) is 2.30. The standard InChI is InChI=1S/C9H15NO/c1-3-4-7-11-9-5-6-10-8(9)2/h5-6,10H,3-4,7H2,1-2H3. The maximum absolute atomic E-state index is 5.49. The molecule has 2 nitrogen and oxygen atoms in total. The number of aromatic nitrogens is 1. The molecule has 0 aromatic carbocycles. The molecule has 1 heterocycles. The van der Waals surface area contributed by atoms with Crippen molar-refractivity contribution in [2.45, 2.75) is 26.7 Å². The summed E-state index contributed by atoms with van der Waals surface area (Å²) in [5.74, 6) is 0.985. The summed E-state index contributed by atoms with van der Waals surface area (Å²) in [6.45, 7) is 5.00. The Labute approximate surface area is 67.6 Å². The van der Waals surface area contributed by atoms with E-state index in [1.54, 1.807) is 0 Å². The maximum Gasteiger partial charge on any atom is 0.139 e. The lowest BCUT2D eigenvalue weighted by atomic mass is 10.3. The summed E-state index contributed by atoms with van der Waals surface area (Å²) < 4.78 is 5.49. The molecule has 0 aliphatic carbocycles. The maximum atomic E-state index is 5.49.